The van der Waals surface area contributed by atoms with Gasteiger partial charge in [-0.3, -0.25) is 9.59 Å². The van der Waals surface area contributed by atoms with Crippen LogP contribution in [0.15, 0.2) is 63.5 Å². The van der Waals surface area contributed by atoms with Gasteiger partial charge in [-0.05, 0) is 73.9 Å². The van der Waals surface area contributed by atoms with Crippen LogP contribution in [0.5, 0.6) is 5.75 Å². The average Bonchev–Trinajstić information content (AvgIpc) is 3.12. The van der Waals surface area contributed by atoms with Crippen LogP contribution in [-0.2, 0) is 65.4 Å². The first-order valence-corrected chi connectivity index (χ1v) is 15.9. The van der Waals surface area contributed by atoms with Crippen LogP contribution in [-0.4, -0.2) is 74.2 Å². The number of ether oxygens (including phenoxy) is 5. The monoisotopic (exact) mass is 704 g/mol. The molecule has 0 saturated carbocycles. The lowest BCUT2D eigenvalue weighted by molar-refractivity contribution is -0.167. The van der Waals surface area contributed by atoms with Crippen LogP contribution in [0.4, 0.5) is 5.69 Å². The second-order valence-electron chi connectivity index (χ2n) is 10.7. The fourth-order valence-corrected chi connectivity index (χ4v) is 4.38. The van der Waals surface area contributed by atoms with E-state index < -0.39 is 42.8 Å². The smallest absolute Gasteiger partial charge is 0.332 e. The predicted molar refractivity (Wildman–Crippen MR) is 174 cm³/mol. The summed E-state index contributed by atoms with van der Waals surface area (Å²) in [5, 5.41) is 8.55. The third-order valence-corrected chi connectivity index (χ3v) is 7.00. The molecule has 0 N–H and O–H groups in total. The highest BCUT2D eigenvalue weighted by molar-refractivity contribution is 5.78. The van der Waals surface area contributed by atoms with E-state index >= 15 is 0 Å². The summed E-state index contributed by atoms with van der Waals surface area (Å²) in [5.41, 5.74) is 1.74. The summed E-state index contributed by atoms with van der Waals surface area (Å²) in [4.78, 5) is 90.9. The molecule has 16 heteroatoms. The molecule has 2 rings (SSSR count). The first kappa shape index (κ1) is 40.9. The number of hydrogen-bond donors (Lipinski definition) is 0. The fraction of sp³-hybridized carbons (Fsp3) is 0.429. The van der Waals surface area contributed by atoms with E-state index in [0.29, 0.717) is 61.1 Å². The summed E-state index contributed by atoms with van der Waals surface area (Å²) in [7, 11) is 0. The molecule has 2 atom stereocenters. The zero-order chi connectivity index (χ0) is 37.1. The molecule has 0 heterocycles. The van der Waals surface area contributed by atoms with Crippen molar-refractivity contribution in [2.24, 2.45) is 15.0 Å². The summed E-state index contributed by atoms with van der Waals surface area (Å²) in [6.45, 7) is -0.414. The van der Waals surface area contributed by atoms with E-state index in [9.17, 15) is 33.6 Å². The highest BCUT2D eigenvalue weighted by Gasteiger charge is 2.21. The molecule has 268 valence electrons. The molecule has 2 aromatic carbocycles. The average molecular weight is 705 g/mol. The van der Waals surface area contributed by atoms with Crippen molar-refractivity contribution in [1.82, 2.24) is 0 Å². The lowest BCUT2D eigenvalue weighted by Crippen LogP contribution is -2.24. The van der Waals surface area contributed by atoms with Crippen LogP contribution in [0.2, 0.25) is 0 Å². The van der Waals surface area contributed by atoms with Crippen LogP contribution in [0.1, 0.15) is 62.5 Å². The largest absolute Gasteiger partial charge is 0.464 e. The zero-order valence-corrected chi connectivity index (χ0v) is 27.7. The normalized spacial score (nSPS) is 11.1. The van der Waals surface area contributed by atoms with Crippen molar-refractivity contribution in [3.63, 3.8) is 0 Å². The van der Waals surface area contributed by atoms with Gasteiger partial charge in [-0.15, -0.1) is 5.26 Å². The van der Waals surface area contributed by atoms with E-state index in [0.717, 1.165) is 0 Å². The number of esters is 4. The molecule has 0 bridgehead atoms. The maximum absolute atomic E-state index is 12.4. The highest BCUT2D eigenvalue weighted by Crippen LogP contribution is 2.16. The number of isocyanates is 3. The molecule has 0 aliphatic rings. The van der Waals surface area contributed by atoms with Gasteiger partial charge in [-0.25, -0.2) is 24.0 Å². The molecule has 0 aromatic heterocycles. The lowest BCUT2D eigenvalue weighted by Gasteiger charge is -2.11. The molecule has 0 fully saturated rings. The van der Waals surface area contributed by atoms with Crippen LogP contribution in [0.3, 0.4) is 0 Å². The van der Waals surface area contributed by atoms with Gasteiger partial charge in [0, 0.05) is 25.7 Å². The van der Waals surface area contributed by atoms with Crippen LogP contribution >= 0.6 is 0 Å². The number of aliphatic imine (C=N–C) groups is 3. The summed E-state index contributed by atoms with van der Waals surface area (Å²) < 4.78 is 24.9. The first-order valence-electron chi connectivity index (χ1n) is 15.9. The third kappa shape index (κ3) is 17.6. The van der Waals surface area contributed by atoms with Crippen molar-refractivity contribution in [2.75, 3.05) is 20.0 Å². The molecule has 0 aliphatic heterocycles. The standard InChI is InChI=1S/C35H36N4O12/c36-21-49-29-15-11-27(12-16-29)20-31(39-24-42)35(46)48-18-6-2-4-8-33(44)51-25-50-32(43)7-3-1-5-17-47-34(45)30(38-23-41)19-26-9-13-28(14-10-26)37-22-40/h9-16,30-31H,1-8,17-20,25H2. The minimum Gasteiger partial charge on any atom is -0.464 e. The first-order chi connectivity index (χ1) is 24.8. The number of carbonyl (C=O) groups excluding carboxylic acids is 7. The molecule has 0 aliphatic carbocycles. The van der Waals surface area contributed by atoms with Gasteiger partial charge in [0.1, 0.15) is 5.75 Å². The van der Waals surface area contributed by atoms with Crippen molar-refractivity contribution in [3.05, 3.63) is 59.7 Å². The molecule has 2 aromatic rings. The Hall–Kier alpha value is -6.25. The third-order valence-electron chi connectivity index (χ3n) is 7.00. The Labute approximate surface area is 293 Å². The molecular weight excluding hydrogens is 668 g/mol. The molecule has 16 nitrogen and oxygen atoms in total. The number of unbranched alkanes of at least 4 members (excludes halogenated alkanes) is 4. The van der Waals surface area contributed by atoms with Crippen LogP contribution in [0, 0.1) is 11.5 Å². The predicted octanol–water partition coefficient (Wildman–Crippen LogP) is 3.96. The number of carbonyl (C=O) groups is 4. The minimum absolute atomic E-state index is 0.0537. The van der Waals surface area contributed by atoms with Gasteiger partial charge in [-0.1, -0.05) is 24.3 Å². The molecule has 2 unspecified atom stereocenters. The lowest BCUT2D eigenvalue weighted by atomic mass is 10.1. The Morgan fingerprint density at radius 1 is 0.608 bits per heavy atom. The van der Waals surface area contributed by atoms with Gasteiger partial charge in [0.25, 0.3) is 6.26 Å². The fourth-order valence-electron chi connectivity index (χ4n) is 4.38. The summed E-state index contributed by atoms with van der Waals surface area (Å²) in [6, 6.07) is 10.6. The Morgan fingerprint density at radius 2 is 1.08 bits per heavy atom. The maximum Gasteiger partial charge on any atom is 0.332 e. The SMILES string of the molecule is N#COc1ccc(CC(N=C=O)C(=O)OCCCCCC(=O)OCOC(=O)CCCCCOC(=O)C(Cc2ccc(N=C=O)cc2)N=C=O)cc1. The van der Waals surface area contributed by atoms with E-state index in [1.54, 1.807) is 54.8 Å². The Balaban J connectivity index is 1.51. The molecule has 0 spiro atoms. The van der Waals surface area contributed by atoms with Crippen LogP contribution in [0.25, 0.3) is 0 Å². The Kier molecular flexibility index (Phi) is 19.9. The van der Waals surface area contributed by atoms with Crippen molar-refractivity contribution < 1.29 is 57.2 Å². The van der Waals surface area contributed by atoms with E-state index in [1.807, 2.05) is 0 Å². The number of nitriles is 1. The van der Waals surface area contributed by atoms with Gasteiger partial charge in [0.2, 0.25) is 25.0 Å². The van der Waals surface area contributed by atoms with Gasteiger partial charge < -0.3 is 23.7 Å². The molecular formula is C35H36N4O12. The summed E-state index contributed by atoms with van der Waals surface area (Å²) >= 11 is 0. The zero-order valence-electron chi connectivity index (χ0n) is 27.7. The van der Waals surface area contributed by atoms with Crippen LogP contribution < -0.4 is 4.74 Å². The molecule has 0 saturated heterocycles. The quantitative estimate of drug-likeness (QED) is 0.0287. The topological polar surface area (TPSA) is 227 Å². The van der Waals surface area contributed by atoms with Crippen molar-refractivity contribution in [3.8, 4) is 12.0 Å². The maximum atomic E-state index is 12.4. The second-order valence-corrected chi connectivity index (χ2v) is 10.7. The highest BCUT2D eigenvalue weighted by atomic mass is 16.7. The summed E-state index contributed by atoms with van der Waals surface area (Å²) in [5.74, 6) is -2.18. The molecule has 0 radical (unpaired) electrons. The Morgan fingerprint density at radius 3 is 1.51 bits per heavy atom. The van der Waals surface area contributed by atoms with Gasteiger partial charge in [-0.2, -0.15) is 15.0 Å². The van der Waals surface area contributed by atoms with E-state index in [-0.39, 0.29) is 38.9 Å². The van der Waals surface area contributed by atoms with E-state index in [4.69, 9.17) is 28.9 Å². The molecule has 0 amide bonds. The van der Waals surface area contributed by atoms with Crippen molar-refractivity contribution >= 4 is 47.8 Å². The number of benzene rings is 2. The number of rotatable bonds is 24. The van der Waals surface area contributed by atoms with E-state index in [2.05, 4.69) is 15.0 Å². The van der Waals surface area contributed by atoms with Gasteiger partial charge in [0.05, 0.1) is 18.9 Å². The van der Waals surface area contributed by atoms with Gasteiger partial charge in [0.15, 0.2) is 12.1 Å². The summed E-state index contributed by atoms with van der Waals surface area (Å²) in [6.07, 6.45) is 8.90. The Bertz CT molecular complexity index is 1620. The van der Waals surface area contributed by atoms with Crippen molar-refractivity contribution in [2.45, 2.75) is 76.3 Å². The van der Waals surface area contributed by atoms with Gasteiger partial charge >= 0.3 is 23.9 Å². The minimum atomic E-state index is -1.08. The second kappa shape index (κ2) is 24.8. The number of hydrogen-bond acceptors (Lipinski definition) is 16. The molecule has 51 heavy (non-hydrogen) atoms. The van der Waals surface area contributed by atoms with Crippen molar-refractivity contribution in [1.29, 1.82) is 5.26 Å². The van der Waals surface area contributed by atoms with E-state index in [1.165, 1.54) is 18.2 Å². The number of nitrogens with zero attached hydrogens (tertiary/aromatic N) is 4.